The molecule has 0 saturated carbocycles. The number of carbonyl (C=O) groups is 2. The van der Waals surface area contributed by atoms with Crippen molar-refractivity contribution < 1.29 is 33.1 Å². The smallest absolute Gasteiger partial charge is 0.338 e. The average molecular weight is 377 g/mol. The predicted molar refractivity (Wildman–Crippen MR) is 91.2 cm³/mol. The molecular weight excluding hydrogens is 361 g/mol. The minimum absolute atomic E-state index is 0.00369. The Morgan fingerprint density at radius 2 is 1.67 bits per heavy atom. The van der Waals surface area contributed by atoms with E-state index >= 15 is 0 Å². The predicted octanol–water partition coefficient (Wildman–Crippen LogP) is 3.15. The van der Waals surface area contributed by atoms with E-state index in [1.807, 2.05) is 0 Å². The van der Waals surface area contributed by atoms with Crippen LogP contribution in [0.3, 0.4) is 0 Å². The lowest BCUT2D eigenvalue weighted by Gasteiger charge is -2.08. The van der Waals surface area contributed by atoms with E-state index < -0.39 is 22.5 Å². The number of nitro groups is 1. The van der Waals surface area contributed by atoms with E-state index in [1.54, 1.807) is 0 Å². The largest absolute Gasteiger partial charge is 0.493 e. The monoisotopic (exact) mass is 377 g/mol. The van der Waals surface area contributed by atoms with Gasteiger partial charge in [-0.15, -0.1) is 0 Å². The van der Waals surface area contributed by atoms with E-state index in [-0.39, 0.29) is 30.2 Å². The standard InChI is InChI=1S/C18H16FNO7/c1-25-17(21)12-9-13(11-15(10-12)20(23)24)18(22)27-8-2-7-26-16-5-3-14(19)4-6-16/h3-6,9-11H,2,7-8H2,1H3. The lowest BCUT2D eigenvalue weighted by Crippen LogP contribution is -2.11. The zero-order chi connectivity index (χ0) is 19.8. The maximum atomic E-state index is 12.8. The highest BCUT2D eigenvalue weighted by Crippen LogP contribution is 2.19. The van der Waals surface area contributed by atoms with Crippen LogP contribution in [-0.2, 0) is 9.47 Å². The fourth-order valence-electron chi connectivity index (χ4n) is 2.10. The van der Waals surface area contributed by atoms with E-state index in [1.165, 1.54) is 24.3 Å². The van der Waals surface area contributed by atoms with Crippen LogP contribution in [0.1, 0.15) is 27.1 Å². The summed E-state index contributed by atoms with van der Waals surface area (Å²) in [6.45, 7) is 0.220. The Bertz CT molecular complexity index is 836. The highest BCUT2D eigenvalue weighted by Gasteiger charge is 2.19. The summed E-state index contributed by atoms with van der Waals surface area (Å²) in [6.07, 6.45) is 0.349. The van der Waals surface area contributed by atoms with Crippen LogP contribution in [-0.4, -0.2) is 37.2 Å². The van der Waals surface area contributed by atoms with Gasteiger partial charge in [0.2, 0.25) is 0 Å². The van der Waals surface area contributed by atoms with Gasteiger partial charge in [0, 0.05) is 18.6 Å². The molecule has 27 heavy (non-hydrogen) atoms. The van der Waals surface area contributed by atoms with Crippen molar-refractivity contribution in [3.8, 4) is 5.75 Å². The molecule has 2 rings (SSSR count). The van der Waals surface area contributed by atoms with E-state index in [0.29, 0.717) is 12.2 Å². The first-order valence-corrected chi connectivity index (χ1v) is 7.84. The van der Waals surface area contributed by atoms with Crippen molar-refractivity contribution in [1.29, 1.82) is 0 Å². The fourth-order valence-corrected chi connectivity index (χ4v) is 2.10. The van der Waals surface area contributed by atoms with E-state index in [2.05, 4.69) is 4.74 Å². The van der Waals surface area contributed by atoms with E-state index in [4.69, 9.17) is 9.47 Å². The first kappa shape index (κ1) is 19.8. The highest BCUT2D eigenvalue weighted by atomic mass is 19.1. The summed E-state index contributed by atoms with van der Waals surface area (Å²) in [4.78, 5) is 33.9. The first-order valence-electron chi connectivity index (χ1n) is 7.84. The molecular formula is C18H16FNO7. The molecule has 0 aliphatic heterocycles. The van der Waals surface area contributed by atoms with Gasteiger partial charge in [0.1, 0.15) is 11.6 Å². The number of nitro benzene ring substituents is 1. The number of nitrogens with zero attached hydrogens (tertiary/aromatic N) is 1. The average Bonchev–Trinajstić information content (AvgIpc) is 2.67. The number of ether oxygens (including phenoxy) is 3. The SMILES string of the molecule is COC(=O)c1cc(C(=O)OCCCOc2ccc(F)cc2)cc([N+](=O)[O-])c1. The number of methoxy groups -OCH3 is 1. The summed E-state index contributed by atoms with van der Waals surface area (Å²) in [5, 5.41) is 11.0. The molecule has 0 heterocycles. The van der Waals surface area contributed by atoms with Crippen LogP contribution in [0, 0.1) is 15.9 Å². The summed E-state index contributed by atoms with van der Waals surface area (Å²) in [5.74, 6) is -1.52. The zero-order valence-electron chi connectivity index (χ0n) is 14.3. The number of non-ortho nitro benzene ring substituents is 1. The maximum Gasteiger partial charge on any atom is 0.338 e. The van der Waals surface area contributed by atoms with Crippen molar-refractivity contribution in [3.05, 3.63) is 69.5 Å². The van der Waals surface area contributed by atoms with Crippen LogP contribution in [0.25, 0.3) is 0 Å². The molecule has 0 amide bonds. The Labute approximate surface area is 153 Å². The molecule has 0 aromatic heterocycles. The van der Waals surface area contributed by atoms with Crippen LogP contribution < -0.4 is 4.74 Å². The van der Waals surface area contributed by atoms with Crippen molar-refractivity contribution in [2.24, 2.45) is 0 Å². The molecule has 0 spiro atoms. The number of benzene rings is 2. The molecule has 0 bridgehead atoms. The van der Waals surface area contributed by atoms with Crippen LogP contribution in [0.2, 0.25) is 0 Å². The van der Waals surface area contributed by atoms with Crippen LogP contribution >= 0.6 is 0 Å². The molecule has 2 aromatic rings. The Morgan fingerprint density at radius 1 is 1.04 bits per heavy atom. The van der Waals surface area contributed by atoms with Crippen LogP contribution in [0.15, 0.2) is 42.5 Å². The van der Waals surface area contributed by atoms with Gasteiger partial charge in [0.05, 0.1) is 36.4 Å². The Kier molecular flexibility index (Phi) is 6.81. The van der Waals surface area contributed by atoms with Crippen molar-refractivity contribution in [3.63, 3.8) is 0 Å². The van der Waals surface area contributed by atoms with Crippen molar-refractivity contribution >= 4 is 17.6 Å². The summed E-state index contributed by atoms with van der Waals surface area (Å²) in [6, 6.07) is 8.66. The zero-order valence-corrected chi connectivity index (χ0v) is 14.3. The molecule has 0 N–H and O–H groups in total. The van der Waals surface area contributed by atoms with Gasteiger partial charge in [-0.1, -0.05) is 0 Å². The molecule has 0 aliphatic carbocycles. The van der Waals surface area contributed by atoms with Crippen molar-refractivity contribution in [1.82, 2.24) is 0 Å². The molecule has 2 aromatic carbocycles. The van der Waals surface area contributed by atoms with E-state index in [0.717, 1.165) is 25.3 Å². The second-order valence-corrected chi connectivity index (χ2v) is 5.31. The number of carbonyl (C=O) groups excluding carboxylic acids is 2. The summed E-state index contributed by atoms with van der Waals surface area (Å²) >= 11 is 0. The summed E-state index contributed by atoms with van der Waals surface area (Å²) in [5.41, 5.74) is -0.688. The molecule has 8 nitrogen and oxygen atoms in total. The number of rotatable bonds is 8. The van der Waals surface area contributed by atoms with Gasteiger partial charge < -0.3 is 14.2 Å². The Morgan fingerprint density at radius 3 is 2.26 bits per heavy atom. The molecule has 142 valence electrons. The quantitative estimate of drug-likeness (QED) is 0.301. The third-order valence-corrected chi connectivity index (χ3v) is 3.39. The van der Waals surface area contributed by atoms with Gasteiger partial charge in [-0.25, -0.2) is 14.0 Å². The molecule has 0 atom stereocenters. The minimum Gasteiger partial charge on any atom is -0.493 e. The molecule has 0 saturated heterocycles. The number of hydrogen-bond donors (Lipinski definition) is 0. The van der Waals surface area contributed by atoms with Crippen molar-refractivity contribution in [2.75, 3.05) is 20.3 Å². The second-order valence-electron chi connectivity index (χ2n) is 5.31. The molecule has 0 fully saturated rings. The van der Waals surface area contributed by atoms with Crippen LogP contribution in [0.4, 0.5) is 10.1 Å². The molecule has 0 unspecified atom stereocenters. The normalized spacial score (nSPS) is 10.1. The van der Waals surface area contributed by atoms with Crippen LogP contribution in [0.5, 0.6) is 5.75 Å². The van der Waals surface area contributed by atoms with Gasteiger partial charge in [-0.2, -0.15) is 0 Å². The highest BCUT2D eigenvalue weighted by molar-refractivity contribution is 5.96. The number of esters is 2. The lowest BCUT2D eigenvalue weighted by molar-refractivity contribution is -0.384. The fraction of sp³-hybridized carbons (Fsp3) is 0.222. The third-order valence-electron chi connectivity index (χ3n) is 3.39. The summed E-state index contributed by atoms with van der Waals surface area (Å²) in [7, 11) is 1.13. The third kappa shape index (κ3) is 5.77. The van der Waals surface area contributed by atoms with Gasteiger partial charge >= 0.3 is 11.9 Å². The Hall–Kier alpha value is -3.49. The first-order chi connectivity index (χ1) is 12.9. The van der Waals surface area contributed by atoms with Gasteiger partial charge in [-0.05, 0) is 30.3 Å². The lowest BCUT2D eigenvalue weighted by atomic mass is 10.1. The van der Waals surface area contributed by atoms with Crippen molar-refractivity contribution in [2.45, 2.75) is 6.42 Å². The van der Waals surface area contributed by atoms with Gasteiger partial charge in [-0.3, -0.25) is 10.1 Å². The maximum absolute atomic E-state index is 12.8. The van der Waals surface area contributed by atoms with Gasteiger partial charge in [0.15, 0.2) is 0 Å². The molecule has 0 radical (unpaired) electrons. The topological polar surface area (TPSA) is 105 Å². The molecule has 0 aliphatic rings. The Balaban J connectivity index is 1.91. The number of halogens is 1. The molecule has 9 heteroatoms. The van der Waals surface area contributed by atoms with Gasteiger partial charge in [0.25, 0.3) is 5.69 Å². The summed E-state index contributed by atoms with van der Waals surface area (Å²) < 4.78 is 27.7. The second kappa shape index (κ2) is 9.27. The number of hydrogen-bond acceptors (Lipinski definition) is 7. The van der Waals surface area contributed by atoms with E-state index in [9.17, 15) is 24.1 Å². The minimum atomic E-state index is -0.814.